The molecule has 0 aromatic heterocycles. The molecule has 1 aliphatic heterocycles. The molecule has 8 heteroatoms. The molecule has 0 radical (unpaired) electrons. The van der Waals surface area contributed by atoms with E-state index in [0.717, 1.165) is 16.0 Å². The number of imide groups is 1. The largest absolute Gasteiger partial charge is 0.480 e. The first-order chi connectivity index (χ1) is 13.5. The first kappa shape index (κ1) is 19.7. The summed E-state index contributed by atoms with van der Waals surface area (Å²) >= 11 is 6.24. The number of carbonyl (C=O) groups is 3. The van der Waals surface area contributed by atoms with Crippen LogP contribution >= 0.6 is 11.6 Å². The molecule has 1 atom stereocenters. The van der Waals surface area contributed by atoms with Gasteiger partial charge >= 0.3 is 12.0 Å². The first-order valence-corrected chi connectivity index (χ1v) is 9.10. The standard InChI is InChI=1S/C20H19ClN2O5/c1-13(19(25)23-10-9-22-20(23)26)28-18(24)12-27-17-8-7-15(11-16(17)21)14-5-3-2-4-6-14/h2-8,11,13H,9-10,12H2,1H3,(H,22,26)/t13-/m1/s1. The molecule has 7 nitrogen and oxygen atoms in total. The number of urea groups is 1. The maximum absolute atomic E-state index is 12.1. The molecule has 2 aromatic carbocycles. The normalized spacial score (nSPS) is 14.4. The second kappa shape index (κ2) is 8.75. The van der Waals surface area contributed by atoms with Crippen molar-refractivity contribution >= 4 is 29.5 Å². The maximum atomic E-state index is 12.1. The zero-order valence-corrected chi connectivity index (χ0v) is 15.9. The number of amides is 3. The highest BCUT2D eigenvalue weighted by Gasteiger charge is 2.31. The van der Waals surface area contributed by atoms with Gasteiger partial charge in [0.05, 0.1) is 5.02 Å². The summed E-state index contributed by atoms with van der Waals surface area (Å²) in [6.07, 6.45) is -1.09. The predicted octanol–water partition coefficient (Wildman–Crippen LogP) is 2.87. The van der Waals surface area contributed by atoms with E-state index in [9.17, 15) is 14.4 Å². The molecule has 3 rings (SSSR count). The van der Waals surface area contributed by atoms with Gasteiger partial charge in [0.2, 0.25) is 0 Å². The Balaban J connectivity index is 1.54. The van der Waals surface area contributed by atoms with Gasteiger partial charge in [0.15, 0.2) is 12.7 Å². The molecule has 28 heavy (non-hydrogen) atoms. The Morgan fingerprint density at radius 2 is 1.93 bits per heavy atom. The van der Waals surface area contributed by atoms with Crippen LogP contribution in [0, 0.1) is 0 Å². The highest BCUT2D eigenvalue weighted by molar-refractivity contribution is 6.32. The van der Waals surface area contributed by atoms with Gasteiger partial charge in [-0.05, 0) is 30.2 Å². The van der Waals surface area contributed by atoms with Crippen molar-refractivity contribution in [2.75, 3.05) is 19.7 Å². The summed E-state index contributed by atoms with van der Waals surface area (Å²) in [7, 11) is 0. The smallest absolute Gasteiger partial charge is 0.344 e. The van der Waals surface area contributed by atoms with Crippen LogP contribution in [0.2, 0.25) is 5.02 Å². The fourth-order valence-electron chi connectivity index (χ4n) is 2.75. The van der Waals surface area contributed by atoms with E-state index in [1.54, 1.807) is 12.1 Å². The zero-order valence-electron chi connectivity index (χ0n) is 15.2. The molecular weight excluding hydrogens is 384 g/mol. The fourth-order valence-corrected chi connectivity index (χ4v) is 2.98. The summed E-state index contributed by atoms with van der Waals surface area (Å²) in [6, 6.07) is 14.5. The van der Waals surface area contributed by atoms with E-state index < -0.39 is 30.6 Å². The van der Waals surface area contributed by atoms with Gasteiger partial charge in [0, 0.05) is 13.1 Å². The van der Waals surface area contributed by atoms with Gasteiger partial charge in [-0.2, -0.15) is 0 Å². The van der Waals surface area contributed by atoms with Crippen LogP contribution in [-0.2, 0) is 14.3 Å². The van der Waals surface area contributed by atoms with E-state index in [2.05, 4.69) is 5.32 Å². The van der Waals surface area contributed by atoms with Crippen LogP contribution in [0.1, 0.15) is 6.92 Å². The van der Waals surface area contributed by atoms with Gasteiger partial charge < -0.3 is 14.8 Å². The van der Waals surface area contributed by atoms with Crippen molar-refractivity contribution in [3.05, 3.63) is 53.6 Å². The fraction of sp³-hybridized carbons (Fsp3) is 0.250. The lowest BCUT2D eigenvalue weighted by atomic mass is 10.1. The summed E-state index contributed by atoms with van der Waals surface area (Å²) in [6.45, 7) is 1.63. The molecule has 1 heterocycles. The molecule has 146 valence electrons. The zero-order chi connectivity index (χ0) is 20.1. The Morgan fingerprint density at radius 1 is 1.18 bits per heavy atom. The second-order valence-corrected chi connectivity index (χ2v) is 6.56. The van der Waals surface area contributed by atoms with Crippen LogP contribution in [0.25, 0.3) is 11.1 Å². The van der Waals surface area contributed by atoms with Crippen molar-refractivity contribution in [3.63, 3.8) is 0 Å². The Kier molecular flexibility index (Phi) is 6.16. The monoisotopic (exact) mass is 402 g/mol. The van der Waals surface area contributed by atoms with E-state index in [1.165, 1.54) is 6.92 Å². The molecule has 3 amide bonds. The minimum Gasteiger partial charge on any atom is -0.480 e. The van der Waals surface area contributed by atoms with Gasteiger partial charge in [-0.25, -0.2) is 9.59 Å². The highest BCUT2D eigenvalue weighted by Crippen LogP contribution is 2.30. The maximum Gasteiger partial charge on any atom is 0.344 e. The third-order valence-electron chi connectivity index (χ3n) is 4.16. The third-order valence-corrected chi connectivity index (χ3v) is 4.46. The van der Waals surface area contributed by atoms with Crippen LogP contribution in [0.5, 0.6) is 5.75 Å². The summed E-state index contributed by atoms with van der Waals surface area (Å²) in [5, 5.41) is 2.87. The van der Waals surface area contributed by atoms with E-state index >= 15 is 0 Å². The molecule has 0 spiro atoms. The Morgan fingerprint density at radius 3 is 2.57 bits per heavy atom. The molecule has 0 aliphatic carbocycles. The molecule has 1 aliphatic rings. The van der Waals surface area contributed by atoms with Crippen molar-refractivity contribution in [2.45, 2.75) is 13.0 Å². The summed E-state index contributed by atoms with van der Waals surface area (Å²) in [5.41, 5.74) is 1.93. The number of ether oxygens (including phenoxy) is 2. The van der Waals surface area contributed by atoms with Crippen LogP contribution in [-0.4, -0.2) is 48.6 Å². The van der Waals surface area contributed by atoms with Gasteiger partial charge in [0.1, 0.15) is 5.75 Å². The van der Waals surface area contributed by atoms with Crippen molar-refractivity contribution in [1.82, 2.24) is 10.2 Å². The van der Waals surface area contributed by atoms with E-state index in [4.69, 9.17) is 21.1 Å². The van der Waals surface area contributed by atoms with Crippen molar-refractivity contribution in [3.8, 4) is 16.9 Å². The molecule has 1 fully saturated rings. The number of rotatable bonds is 6. The van der Waals surface area contributed by atoms with Crippen LogP contribution in [0.15, 0.2) is 48.5 Å². The van der Waals surface area contributed by atoms with Crippen LogP contribution < -0.4 is 10.1 Å². The average molecular weight is 403 g/mol. The topological polar surface area (TPSA) is 84.9 Å². The lowest BCUT2D eigenvalue weighted by Crippen LogP contribution is -2.42. The lowest BCUT2D eigenvalue weighted by molar-refractivity contribution is -0.159. The van der Waals surface area contributed by atoms with Gasteiger partial charge in [-0.1, -0.05) is 48.0 Å². The summed E-state index contributed by atoms with van der Waals surface area (Å²) < 4.78 is 10.5. The number of hydrogen-bond acceptors (Lipinski definition) is 5. The SMILES string of the molecule is C[C@@H](OC(=O)COc1ccc(-c2ccccc2)cc1Cl)C(=O)N1CCNC1=O. The predicted molar refractivity (Wildman–Crippen MR) is 103 cm³/mol. The van der Waals surface area contributed by atoms with Gasteiger partial charge in [-0.3, -0.25) is 9.69 Å². The number of halogens is 1. The van der Waals surface area contributed by atoms with Crippen molar-refractivity contribution < 1.29 is 23.9 Å². The number of carbonyl (C=O) groups excluding carboxylic acids is 3. The van der Waals surface area contributed by atoms with Crippen molar-refractivity contribution in [2.24, 2.45) is 0 Å². The van der Waals surface area contributed by atoms with Gasteiger partial charge in [0.25, 0.3) is 5.91 Å². The first-order valence-electron chi connectivity index (χ1n) is 8.72. The highest BCUT2D eigenvalue weighted by atomic mass is 35.5. The van der Waals surface area contributed by atoms with E-state index in [-0.39, 0.29) is 6.54 Å². The Labute approximate surface area is 167 Å². The Hall–Kier alpha value is -3.06. The minimum absolute atomic E-state index is 0.249. The molecule has 2 aromatic rings. The van der Waals surface area contributed by atoms with Crippen LogP contribution in [0.4, 0.5) is 4.79 Å². The number of nitrogens with zero attached hydrogens (tertiary/aromatic N) is 1. The molecular formula is C20H19ClN2O5. The molecule has 0 bridgehead atoms. The number of benzene rings is 2. The average Bonchev–Trinajstić information content (AvgIpc) is 3.12. The molecule has 0 unspecified atom stereocenters. The second-order valence-electron chi connectivity index (χ2n) is 6.15. The Bertz CT molecular complexity index is 887. The lowest BCUT2D eigenvalue weighted by Gasteiger charge is -2.18. The molecule has 0 saturated carbocycles. The van der Waals surface area contributed by atoms with E-state index in [1.807, 2.05) is 36.4 Å². The number of nitrogens with one attached hydrogen (secondary N) is 1. The number of hydrogen-bond donors (Lipinski definition) is 1. The van der Waals surface area contributed by atoms with Crippen molar-refractivity contribution in [1.29, 1.82) is 0 Å². The minimum atomic E-state index is -1.09. The molecule has 1 saturated heterocycles. The summed E-state index contributed by atoms with van der Waals surface area (Å²) in [4.78, 5) is 36.6. The van der Waals surface area contributed by atoms with Crippen LogP contribution in [0.3, 0.4) is 0 Å². The summed E-state index contributed by atoms with van der Waals surface area (Å²) in [5.74, 6) is -0.978. The third kappa shape index (κ3) is 4.61. The number of esters is 1. The van der Waals surface area contributed by atoms with E-state index in [0.29, 0.717) is 17.3 Å². The van der Waals surface area contributed by atoms with Gasteiger partial charge in [-0.15, -0.1) is 0 Å². The molecule has 1 N–H and O–H groups in total. The quantitative estimate of drug-likeness (QED) is 0.751.